The van der Waals surface area contributed by atoms with E-state index in [0.29, 0.717) is 10.8 Å². The van der Waals surface area contributed by atoms with E-state index in [9.17, 15) is 9.59 Å². The van der Waals surface area contributed by atoms with Crippen LogP contribution in [0.1, 0.15) is 21.0 Å². The molecule has 0 radical (unpaired) electrons. The number of anilines is 2. The molecule has 3 heterocycles. The van der Waals surface area contributed by atoms with Gasteiger partial charge in [-0.05, 0) is 24.3 Å². The van der Waals surface area contributed by atoms with E-state index < -0.39 is 11.8 Å². The van der Waals surface area contributed by atoms with Gasteiger partial charge < -0.3 is 10.6 Å². The van der Waals surface area contributed by atoms with Gasteiger partial charge in [-0.1, -0.05) is 23.2 Å². The van der Waals surface area contributed by atoms with Crippen LogP contribution in [0.15, 0.2) is 49.1 Å². The van der Waals surface area contributed by atoms with Gasteiger partial charge in [0, 0.05) is 12.4 Å². The predicted molar refractivity (Wildman–Crippen MR) is 96.4 cm³/mol. The Morgan fingerprint density at radius 3 is 2.38 bits per heavy atom. The van der Waals surface area contributed by atoms with Gasteiger partial charge in [0.2, 0.25) is 0 Å². The molecule has 3 aromatic rings. The van der Waals surface area contributed by atoms with Crippen LogP contribution in [0, 0.1) is 0 Å². The lowest BCUT2D eigenvalue weighted by Gasteiger charge is -2.10. The summed E-state index contributed by atoms with van der Waals surface area (Å²) in [5.74, 6) is -0.801. The van der Waals surface area contributed by atoms with E-state index in [0.717, 1.165) is 0 Å². The molecule has 3 aromatic heterocycles. The molecule has 0 bridgehead atoms. The molecule has 0 fully saturated rings. The Labute approximate surface area is 157 Å². The third kappa shape index (κ3) is 4.29. The quantitative estimate of drug-likeness (QED) is 0.710. The van der Waals surface area contributed by atoms with Gasteiger partial charge in [0.15, 0.2) is 5.69 Å². The second kappa shape index (κ2) is 7.85. The highest BCUT2D eigenvalue weighted by molar-refractivity contribution is 6.30. The summed E-state index contributed by atoms with van der Waals surface area (Å²) in [7, 11) is 0. The smallest absolute Gasteiger partial charge is 0.277 e. The molecule has 26 heavy (non-hydrogen) atoms. The molecule has 0 unspecified atom stereocenters. The molecule has 0 saturated heterocycles. The molecular formula is C16H10Cl2N6O2. The van der Waals surface area contributed by atoms with Crippen molar-refractivity contribution in [3.05, 3.63) is 70.6 Å². The van der Waals surface area contributed by atoms with Crippen molar-refractivity contribution in [2.24, 2.45) is 0 Å². The highest BCUT2D eigenvalue weighted by atomic mass is 35.5. The number of amides is 2. The first kappa shape index (κ1) is 17.7. The van der Waals surface area contributed by atoms with Gasteiger partial charge in [0.25, 0.3) is 11.8 Å². The first-order chi connectivity index (χ1) is 12.5. The van der Waals surface area contributed by atoms with E-state index >= 15 is 0 Å². The summed E-state index contributed by atoms with van der Waals surface area (Å²) >= 11 is 11.4. The van der Waals surface area contributed by atoms with Crippen LogP contribution in [0.3, 0.4) is 0 Å². The molecule has 0 aliphatic rings. The fourth-order valence-corrected chi connectivity index (χ4v) is 2.14. The zero-order valence-electron chi connectivity index (χ0n) is 13.0. The number of halogens is 2. The molecule has 130 valence electrons. The molecule has 0 atom stereocenters. The van der Waals surface area contributed by atoms with Crippen molar-refractivity contribution in [1.82, 2.24) is 19.9 Å². The van der Waals surface area contributed by atoms with Crippen molar-refractivity contribution in [2.45, 2.75) is 0 Å². The molecule has 10 heteroatoms. The summed E-state index contributed by atoms with van der Waals surface area (Å²) in [6.07, 6.45) is 5.31. The van der Waals surface area contributed by atoms with E-state index in [-0.39, 0.29) is 22.2 Å². The van der Waals surface area contributed by atoms with E-state index in [4.69, 9.17) is 23.2 Å². The van der Waals surface area contributed by atoms with Gasteiger partial charge in [-0.3, -0.25) is 9.59 Å². The first-order valence-corrected chi connectivity index (χ1v) is 7.95. The van der Waals surface area contributed by atoms with E-state index in [1.54, 1.807) is 24.3 Å². The number of pyridine rings is 2. The number of carbonyl (C=O) groups is 2. The van der Waals surface area contributed by atoms with Crippen molar-refractivity contribution >= 4 is 46.5 Å². The fraction of sp³-hybridized carbons (Fsp3) is 0. The highest BCUT2D eigenvalue weighted by Crippen LogP contribution is 2.16. The summed E-state index contributed by atoms with van der Waals surface area (Å²) in [5, 5.41) is 5.76. The lowest BCUT2D eigenvalue weighted by Crippen LogP contribution is -2.20. The molecule has 8 nitrogen and oxygen atoms in total. The summed E-state index contributed by atoms with van der Waals surface area (Å²) in [4.78, 5) is 40.4. The zero-order valence-corrected chi connectivity index (χ0v) is 14.5. The highest BCUT2D eigenvalue weighted by Gasteiger charge is 2.17. The number of rotatable bonds is 4. The number of hydrogen-bond acceptors (Lipinski definition) is 6. The first-order valence-electron chi connectivity index (χ1n) is 7.20. The maximum absolute atomic E-state index is 12.4. The number of hydrogen-bond donors (Lipinski definition) is 2. The maximum atomic E-state index is 12.4. The number of carbonyl (C=O) groups excluding carboxylic acids is 2. The Morgan fingerprint density at radius 2 is 1.69 bits per heavy atom. The minimum absolute atomic E-state index is 0.0134. The van der Waals surface area contributed by atoms with Crippen molar-refractivity contribution < 1.29 is 9.59 Å². The monoisotopic (exact) mass is 388 g/mol. The largest absolute Gasteiger partial charge is 0.319 e. The van der Waals surface area contributed by atoms with Crippen LogP contribution in [0.5, 0.6) is 0 Å². The van der Waals surface area contributed by atoms with Crippen molar-refractivity contribution in [2.75, 3.05) is 10.6 Å². The van der Waals surface area contributed by atoms with Crippen LogP contribution >= 0.6 is 23.2 Å². The van der Waals surface area contributed by atoms with Gasteiger partial charge in [-0.15, -0.1) is 0 Å². The van der Waals surface area contributed by atoms with E-state index in [2.05, 4.69) is 30.6 Å². The Morgan fingerprint density at radius 1 is 0.846 bits per heavy atom. The molecule has 0 aromatic carbocycles. The van der Waals surface area contributed by atoms with E-state index in [1.165, 1.54) is 24.8 Å². The summed E-state index contributed by atoms with van der Waals surface area (Å²) in [6.45, 7) is 0. The van der Waals surface area contributed by atoms with Gasteiger partial charge in [0.05, 0.1) is 23.1 Å². The summed E-state index contributed by atoms with van der Waals surface area (Å²) < 4.78 is 0. The average molecular weight is 389 g/mol. The lowest BCUT2D eigenvalue weighted by molar-refractivity contribution is 0.102. The predicted octanol–water partition coefficient (Wildman–Crippen LogP) is 3.08. The average Bonchev–Trinajstić information content (AvgIpc) is 2.64. The van der Waals surface area contributed by atoms with Crippen LogP contribution in [0.2, 0.25) is 10.2 Å². The molecule has 3 rings (SSSR count). The Hall–Kier alpha value is -3.10. The van der Waals surface area contributed by atoms with Gasteiger partial charge in [-0.25, -0.2) is 19.9 Å². The Bertz CT molecular complexity index is 948. The van der Waals surface area contributed by atoms with Gasteiger partial charge >= 0.3 is 0 Å². The maximum Gasteiger partial charge on any atom is 0.277 e. The van der Waals surface area contributed by atoms with Crippen LogP contribution in [0.25, 0.3) is 0 Å². The molecule has 2 N–H and O–H groups in total. The second-order valence-electron chi connectivity index (χ2n) is 4.89. The summed E-state index contributed by atoms with van der Waals surface area (Å²) in [5.41, 5.74) is 0.268. The van der Waals surface area contributed by atoms with E-state index in [1.807, 2.05) is 0 Å². The number of aromatic nitrogens is 4. The van der Waals surface area contributed by atoms with Gasteiger partial charge in [0.1, 0.15) is 16.7 Å². The Balaban J connectivity index is 1.79. The Kier molecular flexibility index (Phi) is 5.35. The standard InChI is InChI=1S/C16H10Cl2N6O2/c17-9-3-4-13(22-6-9)24-16(26)14-10(2-1-5-19-14)23-15(25)11-7-21-12(18)8-20-11/h1-8H,(H,23,25)(H,22,24,26). The minimum atomic E-state index is -0.555. The molecule has 0 aliphatic heterocycles. The van der Waals surface area contributed by atoms with Crippen LogP contribution in [0.4, 0.5) is 11.5 Å². The SMILES string of the molecule is O=C(Nc1cccnc1C(=O)Nc1ccc(Cl)cn1)c1cnc(Cl)cn1. The third-order valence-electron chi connectivity index (χ3n) is 3.09. The zero-order chi connectivity index (χ0) is 18.5. The lowest BCUT2D eigenvalue weighted by atomic mass is 10.2. The molecule has 0 spiro atoms. The summed E-state index contributed by atoms with van der Waals surface area (Å²) in [6, 6.07) is 6.26. The fourth-order valence-electron chi connectivity index (χ4n) is 1.93. The topological polar surface area (TPSA) is 110 Å². The number of nitrogens with one attached hydrogen (secondary N) is 2. The van der Waals surface area contributed by atoms with Gasteiger partial charge in [-0.2, -0.15) is 0 Å². The van der Waals surface area contributed by atoms with Crippen molar-refractivity contribution in [1.29, 1.82) is 0 Å². The number of nitrogens with zero attached hydrogens (tertiary/aromatic N) is 4. The van der Waals surface area contributed by atoms with Crippen molar-refractivity contribution in [3.63, 3.8) is 0 Å². The van der Waals surface area contributed by atoms with Crippen LogP contribution in [-0.4, -0.2) is 31.8 Å². The van der Waals surface area contributed by atoms with Crippen molar-refractivity contribution in [3.8, 4) is 0 Å². The normalized spacial score (nSPS) is 10.2. The molecule has 2 amide bonds. The second-order valence-corrected chi connectivity index (χ2v) is 5.72. The molecule has 0 aliphatic carbocycles. The molecule has 0 saturated carbocycles. The third-order valence-corrected chi connectivity index (χ3v) is 3.51. The molecular weight excluding hydrogens is 379 g/mol. The van der Waals surface area contributed by atoms with Crippen LogP contribution in [-0.2, 0) is 0 Å². The van der Waals surface area contributed by atoms with Crippen LogP contribution < -0.4 is 10.6 Å². The minimum Gasteiger partial charge on any atom is -0.319 e.